The fourth-order valence-electron chi connectivity index (χ4n) is 4.04. The molecule has 0 aromatic heterocycles. The van der Waals surface area contributed by atoms with E-state index in [9.17, 15) is 9.90 Å². The van der Waals surface area contributed by atoms with Gasteiger partial charge in [-0.1, -0.05) is 19.9 Å². The molecule has 1 saturated carbocycles. The topological polar surface area (TPSA) is 52.6 Å². The second kappa shape index (κ2) is 5.18. The van der Waals surface area contributed by atoms with E-state index in [0.29, 0.717) is 5.92 Å². The van der Waals surface area contributed by atoms with E-state index in [1.165, 1.54) is 16.7 Å². The number of aliphatic hydroxyl groups excluding tert-OH is 1. The molecule has 3 aliphatic carbocycles. The summed E-state index contributed by atoms with van der Waals surface area (Å²) >= 11 is 0. The van der Waals surface area contributed by atoms with Crippen LogP contribution in [0.3, 0.4) is 0 Å². The Balaban J connectivity index is 1.48. The van der Waals surface area contributed by atoms with Crippen molar-refractivity contribution in [1.29, 1.82) is 0 Å². The molecule has 0 aromatic rings. The minimum absolute atomic E-state index is 0.00526. The lowest BCUT2D eigenvalue weighted by Gasteiger charge is -2.29. The highest BCUT2D eigenvalue weighted by Gasteiger charge is 2.41. The third kappa shape index (κ3) is 2.50. The van der Waals surface area contributed by atoms with Gasteiger partial charge in [-0.25, -0.2) is 0 Å². The molecule has 23 heavy (non-hydrogen) atoms. The van der Waals surface area contributed by atoms with Crippen LogP contribution in [0.5, 0.6) is 0 Å². The van der Waals surface area contributed by atoms with Crippen LogP contribution in [0.1, 0.15) is 26.7 Å². The Bertz CT molecular complexity index is 696. The first-order chi connectivity index (χ1) is 11.0. The number of carbonyl (C=O) groups is 1. The third-order valence-corrected chi connectivity index (χ3v) is 5.25. The van der Waals surface area contributed by atoms with Gasteiger partial charge < -0.3 is 15.3 Å². The third-order valence-electron chi connectivity index (χ3n) is 5.25. The summed E-state index contributed by atoms with van der Waals surface area (Å²) in [5.74, 6) is 0.541. The van der Waals surface area contributed by atoms with Crippen LogP contribution in [0.15, 0.2) is 46.1 Å². The molecule has 0 bridgehead atoms. The van der Waals surface area contributed by atoms with Crippen molar-refractivity contribution in [3.63, 3.8) is 0 Å². The summed E-state index contributed by atoms with van der Waals surface area (Å²) in [6.45, 7) is 7.06. The minimum atomic E-state index is -0.502. The highest BCUT2D eigenvalue weighted by atomic mass is 16.3. The first-order valence-corrected chi connectivity index (χ1v) is 8.54. The lowest BCUT2D eigenvalue weighted by Crippen LogP contribution is -2.53. The molecule has 4 nitrogen and oxygen atoms in total. The molecule has 2 fully saturated rings. The first-order valence-electron chi connectivity index (χ1n) is 8.54. The first kappa shape index (κ1) is 14.9. The van der Waals surface area contributed by atoms with Crippen molar-refractivity contribution in [2.75, 3.05) is 26.2 Å². The van der Waals surface area contributed by atoms with Crippen molar-refractivity contribution in [2.45, 2.75) is 32.2 Å². The zero-order valence-corrected chi connectivity index (χ0v) is 13.9. The van der Waals surface area contributed by atoms with Crippen molar-refractivity contribution >= 4 is 5.91 Å². The van der Waals surface area contributed by atoms with Crippen LogP contribution in [0.2, 0.25) is 0 Å². The van der Waals surface area contributed by atoms with E-state index in [1.54, 1.807) is 0 Å². The summed E-state index contributed by atoms with van der Waals surface area (Å²) < 4.78 is 0. The minimum Gasteiger partial charge on any atom is -0.394 e. The fourth-order valence-corrected chi connectivity index (χ4v) is 4.04. The van der Waals surface area contributed by atoms with Crippen LogP contribution in [-0.2, 0) is 4.79 Å². The van der Waals surface area contributed by atoms with Crippen LogP contribution < -0.4 is 5.32 Å². The predicted octanol–water partition coefficient (Wildman–Crippen LogP) is 1.70. The van der Waals surface area contributed by atoms with Crippen molar-refractivity contribution in [3.8, 4) is 0 Å². The number of aliphatic hydroxyl groups is 1. The molecule has 4 rings (SSSR count). The smallest absolute Gasteiger partial charge is 0.252 e. The number of carbonyl (C=O) groups excluding carboxylic acids is 1. The molecule has 1 unspecified atom stereocenters. The molecule has 1 atom stereocenters. The number of likely N-dealkylation sites (tertiary alicyclic amines) is 1. The Kier molecular flexibility index (Phi) is 3.36. The van der Waals surface area contributed by atoms with Crippen LogP contribution in [0.4, 0.5) is 0 Å². The lowest BCUT2D eigenvalue weighted by atomic mass is 9.98. The van der Waals surface area contributed by atoms with Crippen molar-refractivity contribution in [3.05, 3.63) is 46.1 Å². The lowest BCUT2D eigenvalue weighted by molar-refractivity contribution is -0.119. The summed E-state index contributed by atoms with van der Waals surface area (Å²) in [5, 5.41) is 13.0. The molecule has 4 heteroatoms. The van der Waals surface area contributed by atoms with Gasteiger partial charge in [-0.15, -0.1) is 0 Å². The number of amides is 1. The summed E-state index contributed by atoms with van der Waals surface area (Å²) in [6.07, 6.45) is 8.02. The van der Waals surface area contributed by atoms with Gasteiger partial charge in [-0.3, -0.25) is 4.79 Å². The normalized spacial score (nSPS) is 28.6. The van der Waals surface area contributed by atoms with Gasteiger partial charge in [0.25, 0.3) is 5.91 Å². The molecular formula is C19H24N2O2. The molecule has 1 saturated heterocycles. The van der Waals surface area contributed by atoms with Crippen LogP contribution in [-0.4, -0.2) is 47.7 Å². The van der Waals surface area contributed by atoms with Crippen LogP contribution in [0, 0.1) is 5.92 Å². The molecule has 4 aliphatic rings. The van der Waals surface area contributed by atoms with Crippen LogP contribution >= 0.6 is 0 Å². The maximum Gasteiger partial charge on any atom is 0.252 e. The molecule has 0 aromatic carbocycles. The molecule has 122 valence electrons. The average molecular weight is 312 g/mol. The van der Waals surface area contributed by atoms with E-state index >= 15 is 0 Å². The number of fused-ring (bicyclic) bond motifs is 2. The number of allylic oxidation sites excluding steroid dienone is 6. The van der Waals surface area contributed by atoms with E-state index in [2.05, 4.69) is 36.2 Å². The van der Waals surface area contributed by atoms with E-state index in [1.807, 2.05) is 6.08 Å². The Hall–Kier alpha value is -1.65. The van der Waals surface area contributed by atoms with Gasteiger partial charge in [0.05, 0.1) is 12.1 Å². The maximum absolute atomic E-state index is 12.8. The Morgan fingerprint density at radius 2 is 2.22 bits per heavy atom. The van der Waals surface area contributed by atoms with Crippen LogP contribution in [0.25, 0.3) is 0 Å². The van der Waals surface area contributed by atoms with Crippen molar-refractivity contribution in [1.82, 2.24) is 10.2 Å². The number of rotatable bonds is 5. The average Bonchev–Trinajstić information content (AvgIpc) is 2.86. The Morgan fingerprint density at radius 3 is 2.96 bits per heavy atom. The molecule has 0 spiro atoms. The number of nitrogens with zero attached hydrogens (tertiary/aromatic N) is 1. The molecule has 2 N–H and O–H groups in total. The molecule has 1 aliphatic heterocycles. The molecule has 0 radical (unpaired) electrons. The maximum atomic E-state index is 12.8. The SMILES string of the molecule is CC(C)CN1CCC(CO)(NC(=O)C2=C3C=C4CC4=C3C=C2)C1. The van der Waals surface area contributed by atoms with E-state index < -0.39 is 5.54 Å². The second-order valence-corrected chi connectivity index (χ2v) is 7.67. The standard InChI is InChI=1S/C19H24N2O2/c1-12(2)9-21-6-5-19(10-21,11-22)20-18(23)15-4-3-14-16-7-13(16)8-17(14)15/h3-4,8,12,22H,5-7,9-11H2,1-2H3,(H,20,23). The van der Waals surface area contributed by atoms with E-state index in [0.717, 1.165) is 43.6 Å². The van der Waals surface area contributed by atoms with Gasteiger partial charge in [0, 0.05) is 25.2 Å². The van der Waals surface area contributed by atoms with Gasteiger partial charge >= 0.3 is 0 Å². The molecule has 1 amide bonds. The summed E-state index contributed by atoms with van der Waals surface area (Å²) in [6, 6.07) is 0. The number of hydrogen-bond donors (Lipinski definition) is 2. The van der Waals surface area contributed by atoms with Crippen molar-refractivity contribution in [2.24, 2.45) is 5.92 Å². The zero-order chi connectivity index (χ0) is 16.2. The van der Waals surface area contributed by atoms with Gasteiger partial charge in [-0.2, -0.15) is 0 Å². The highest BCUT2D eigenvalue weighted by Crippen LogP contribution is 2.51. The van der Waals surface area contributed by atoms with Gasteiger partial charge in [-0.05, 0) is 53.2 Å². The Labute approximate surface area is 137 Å². The zero-order valence-electron chi connectivity index (χ0n) is 13.9. The van der Waals surface area contributed by atoms with E-state index in [-0.39, 0.29) is 12.5 Å². The van der Waals surface area contributed by atoms with Crippen molar-refractivity contribution < 1.29 is 9.90 Å². The predicted molar refractivity (Wildman–Crippen MR) is 89.7 cm³/mol. The number of hydrogen-bond acceptors (Lipinski definition) is 3. The largest absolute Gasteiger partial charge is 0.394 e. The fraction of sp³-hybridized carbons (Fsp3) is 0.526. The Morgan fingerprint density at radius 1 is 1.39 bits per heavy atom. The van der Waals surface area contributed by atoms with Gasteiger partial charge in [0.1, 0.15) is 0 Å². The summed E-state index contributed by atoms with van der Waals surface area (Å²) in [7, 11) is 0. The van der Waals surface area contributed by atoms with E-state index in [4.69, 9.17) is 0 Å². The molecule has 1 heterocycles. The quantitative estimate of drug-likeness (QED) is 0.812. The molecular weight excluding hydrogens is 288 g/mol. The number of nitrogens with one attached hydrogen (secondary N) is 1. The summed E-state index contributed by atoms with van der Waals surface area (Å²) in [5.41, 5.74) is 5.34. The van der Waals surface area contributed by atoms with Gasteiger partial charge in [0.2, 0.25) is 0 Å². The monoisotopic (exact) mass is 312 g/mol. The second-order valence-electron chi connectivity index (χ2n) is 7.67. The van der Waals surface area contributed by atoms with Gasteiger partial charge in [0.15, 0.2) is 0 Å². The highest BCUT2D eigenvalue weighted by molar-refractivity contribution is 6.02. The summed E-state index contributed by atoms with van der Waals surface area (Å²) in [4.78, 5) is 15.1.